The summed E-state index contributed by atoms with van der Waals surface area (Å²) in [6.07, 6.45) is 1.47. The Bertz CT molecular complexity index is 555. The molecule has 0 aliphatic heterocycles. The number of anilines is 1. The molecule has 2 aromatic rings. The minimum atomic E-state index is -1.04. The Kier molecular flexibility index (Phi) is 3.79. The summed E-state index contributed by atoms with van der Waals surface area (Å²) in [5, 5.41) is 12.6. The van der Waals surface area contributed by atoms with Gasteiger partial charge in [-0.2, -0.15) is 0 Å². The van der Waals surface area contributed by atoms with E-state index < -0.39 is 5.97 Å². The Labute approximate surface area is 109 Å². The van der Waals surface area contributed by atoms with Crippen LogP contribution in [0, 0.1) is 0 Å². The van der Waals surface area contributed by atoms with Crippen molar-refractivity contribution in [3.63, 3.8) is 0 Å². The van der Waals surface area contributed by atoms with E-state index in [4.69, 9.17) is 16.7 Å². The van der Waals surface area contributed by atoms with Gasteiger partial charge in [0.15, 0.2) is 0 Å². The third-order valence-electron chi connectivity index (χ3n) is 2.39. The lowest BCUT2D eigenvalue weighted by atomic mass is 10.2. The van der Waals surface area contributed by atoms with Gasteiger partial charge in [0.25, 0.3) is 0 Å². The van der Waals surface area contributed by atoms with Crippen LogP contribution in [0.2, 0.25) is 5.02 Å². The molecule has 0 atom stereocenters. The molecule has 1 heterocycles. The molecule has 4 nitrogen and oxygen atoms in total. The molecule has 0 saturated heterocycles. The van der Waals surface area contributed by atoms with Crippen molar-refractivity contribution in [3.8, 4) is 0 Å². The minimum Gasteiger partial charge on any atom is -0.477 e. The molecule has 0 aliphatic carbocycles. The van der Waals surface area contributed by atoms with E-state index in [2.05, 4.69) is 10.3 Å². The number of benzene rings is 1. The van der Waals surface area contributed by atoms with Crippen molar-refractivity contribution in [2.45, 2.75) is 6.54 Å². The third-order valence-corrected chi connectivity index (χ3v) is 2.64. The second kappa shape index (κ2) is 5.51. The highest BCUT2D eigenvalue weighted by Crippen LogP contribution is 2.13. The summed E-state index contributed by atoms with van der Waals surface area (Å²) >= 11 is 5.79. The number of carboxylic acids is 1. The molecule has 0 spiro atoms. The van der Waals surface area contributed by atoms with Gasteiger partial charge in [-0.25, -0.2) is 9.78 Å². The van der Waals surface area contributed by atoms with Crippen LogP contribution < -0.4 is 5.32 Å². The van der Waals surface area contributed by atoms with Crippen LogP contribution in [-0.2, 0) is 6.54 Å². The van der Waals surface area contributed by atoms with Crippen LogP contribution in [0.4, 0.5) is 5.69 Å². The fourth-order valence-corrected chi connectivity index (χ4v) is 1.59. The summed E-state index contributed by atoms with van der Waals surface area (Å²) in [5.41, 5.74) is 1.81. The van der Waals surface area contributed by atoms with Crippen molar-refractivity contribution in [3.05, 3.63) is 58.9 Å². The minimum absolute atomic E-state index is 0.0242. The number of aromatic carboxylic acids is 1. The van der Waals surface area contributed by atoms with Crippen LogP contribution in [0.25, 0.3) is 0 Å². The van der Waals surface area contributed by atoms with Crippen LogP contribution in [-0.4, -0.2) is 16.1 Å². The molecular formula is C13H11ClN2O2. The maximum Gasteiger partial charge on any atom is 0.354 e. The second-order valence-corrected chi connectivity index (χ2v) is 4.15. The number of halogens is 1. The summed E-state index contributed by atoms with van der Waals surface area (Å²) in [5.74, 6) is -1.04. The SMILES string of the molecule is O=C(O)c1cc(NCc2ccc(Cl)cc2)ccn1. The van der Waals surface area contributed by atoms with Gasteiger partial charge in [0.2, 0.25) is 0 Å². The van der Waals surface area contributed by atoms with Gasteiger partial charge in [0, 0.05) is 23.5 Å². The zero-order valence-electron chi connectivity index (χ0n) is 9.43. The number of nitrogens with one attached hydrogen (secondary N) is 1. The maximum atomic E-state index is 10.8. The first-order valence-electron chi connectivity index (χ1n) is 5.33. The highest BCUT2D eigenvalue weighted by molar-refractivity contribution is 6.30. The summed E-state index contributed by atoms with van der Waals surface area (Å²) in [6, 6.07) is 10.7. The van der Waals surface area contributed by atoms with E-state index in [9.17, 15) is 4.79 Å². The Morgan fingerprint density at radius 2 is 2.00 bits per heavy atom. The third kappa shape index (κ3) is 3.21. The van der Waals surface area contributed by atoms with Gasteiger partial charge in [-0.05, 0) is 29.8 Å². The smallest absolute Gasteiger partial charge is 0.354 e. The highest BCUT2D eigenvalue weighted by Gasteiger charge is 2.04. The van der Waals surface area contributed by atoms with Crippen LogP contribution in [0.15, 0.2) is 42.6 Å². The molecular weight excluding hydrogens is 252 g/mol. The van der Waals surface area contributed by atoms with Gasteiger partial charge in [-0.15, -0.1) is 0 Å². The molecule has 2 N–H and O–H groups in total. The summed E-state index contributed by atoms with van der Waals surface area (Å²) in [7, 11) is 0. The molecule has 1 aromatic heterocycles. The van der Waals surface area contributed by atoms with Gasteiger partial charge in [0.1, 0.15) is 5.69 Å². The van der Waals surface area contributed by atoms with E-state index in [1.807, 2.05) is 24.3 Å². The Morgan fingerprint density at radius 1 is 1.28 bits per heavy atom. The average molecular weight is 263 g/mol. The molecule has 0 radical (unpaired) electrons. The Hall–Kier alpha value is -2.07. The maximum absolute atomic E-state index is 10.8. The van der Waals surface area contributed by atoms with Crippen LogP contribution in [0.3, 0.4) is 0 Å². The van der Waals surface area contributed by atoms with E-state index in [0.717, 1.165) is 11.3 Å². The number of hydrogen-bond acceptors (Lipinski definition) is 3. The normalized spacial score (nSPS) is 10.1. The molecule has 0 saturated carbocycles. The lowest BCUT2D eigenvalue weighted by Crippen LogP contribution is -2.03. The molecule has 0 amide bonds. The summed E-state index contributed by atoms with van der Waals surface area (Å²) in [4.78, 5) is 14.5. The van der Waals surface area contributed by atoms with Gasteiger partial charge >= 0.3 is 5.97 Å². The summed E-state index contributed by atoms with van der Waals surface area (Å²) < 4.78 is 0. The van der Waals surface area contributed by atoms with Gasteiger partial charge in [0.05, 0.1) is 0 Å². The first kappa shape index (κ1) is 12.4. The zero-order valence-corrected chi connectivity index (χ0v) is 10.2. The van der Waals surface area contributed by atoms with Crippen molar-refractivity contribution in [1.82, 2.24) is 4.98 Å². The first-order valence-corrected chi connectivity index (χ1v) is 5.70. The van der Waals surface area contributed by atoms with Crippen molar-refractivity contribution in [2.75, 3.05) is 5.32 Å². The topological polar surface area (TPSA) is 62.2 Å². The van der Waals surface area contributed by atoms with E-state index in [-0.39, 0.29) is 5.69 Å². The standard InChI is InChI=1S/C13H11ClN2O2/c14-10-3-1-9(2-4-10)8-16-11-5-6-15-12(7-11)13(17)18/h1-7H,8H2,(H,15,16)(H,17,18). The molecule has 0 bridgehead atoms. The van der Waals surface area contributed by atoms with E-state index in [1.165, 1.54) is 12.3 Å². The number of nitrogens with zero attached hydrogens (tertiary/aromatic N) is 1. The van der Waals surface area contributed by atoms with Crippen molar-refractivity contribution >= 4 is 23.3 Å². The van der Waals surface area contributed by atoms with E-state index in [1.54, 1.807) is 6.07 Å². The second-order valence-electron chi connectivity index (χ2n) is 3.71. The van der Waals surface area contributed by atoms with E-state index >= 15 is 0 Å². The molecule has 0 unspecified atom stereocenters. The lowest BCUT2D eigenvalue weighted by Gasteiger charge is -2.07. The number of pyridine rings is 1. The van der Waals surface area contributed by atoms with Crippen LogP contribution in [0.5, 0.6) is 0 Å². The predicted octanol–water partition coefficient (Wildman–Crippen LogP) is 3.05. The Balaban J connectivity index is 2.04. The molecule has 1 aromatic carbocycles. The highest BCUT2D eigenvalue weighted by atomic mass is 35.5. The fourth-order valence-electron chi connectivity index (χ4n) is 1.46. The lowest BCUT2D eigenvalue weighted by molar-refractivity contribution is 0.0690. The zero-order chi connectivity index (χ0) is 13.0. The molecule has 0 fully saturated rings. The largest absolute Gasteiger partial charge is 0.477 e. The number of rotatable bonds is 4. The van der Waals surface area contributed by atoms with Gasteiger partial charge < -0.3 is 10.4 Å². The molecule has 0 aliphatic rings. The Morgan fingerprint density at radius 3 is 2.67 bits per heavy atom. The molecule has 5 heteroatoms. The number of hydrogen-bond donors (Lipinski definition) is 2. The number of carboxylic acid groups (broad SMARTS) is 1. The van der Waals surface area contributed by atoms with Crippen molar-refractivity contribution < 1.29 is 9.90 Å². The summed E-state index contributed by atoms with van der Waals surface area (Å²) in [6.45, 7) is 0.597. The van der Waals surface area contributed by atoms with Crippen molar-refractivity contribution in [2.24, 2.45) is 0 Å². The first-order chi connectivity index (χ1) is 8.65. The predicted molar refractivity (Wildman–Crippen MR) is 70.0 cm³/mol. The molecule has 92 valence electrons. The van der Waals surface area contributed by atoms with Gasteiger partial charge in [-0.3, -0.25) is 0 Å². The van der Waals surface area contributed by atoms with Gasteiger partial charge in [-0.1, -0.05) is 23.7 Å². The quantitative estimate of drug-likeness (QED) is 0.889. The van der Waals surface area contributed by atoms with Crippen LogP contribution in [0.1, 0.15) is 16.1 Å². The number of aromatic nitrogens is 1. The average Bonchev–Trinajstić information content (AvgIpc) is 2.38. The monoisotopic (exact) mass is 262 g/mol. The van der Waals surface area contributed by atoms with Crippen LogP contribution >= 0.6 is 11.6 Å². The molecule has 2 rings (SSSR count). The van der Waals surface area contributed by atoms with E-state index in [0.29, 0.717) is 11.6 Å². The number of carbonyl (C=O) groups is 1. The fraction of sp³-hybridized carbons (Fsp3) is 0.0769. The van der Waals surface area contributed by atoms with Crippen molar-refractivity contribution in [1.29, 1.82) is 0 Å². The molecule has 18 heavy (non-hydrogen) atoms.